The summed E-state index contributed by atoms with van der Waals surface area (Å²) in [5.74, 6) is 0.773. The Morgan fingerprint density at radius 1 is 0.900 bits per heavy atom. The molecule has 40 heavy (non-hydrogen) atoms. The molecule has 1 aliphatic rings. The number of amides is 1. The van der Waals surface area contributed by atoms with Crippen LogP contribution in [0.3, 0.4) is 0 Å². The summed E-state index contributed by atoms with van der Waals surface area (Å²) in [5.41, 5.74) is 4.71. The lowest BCUT2D eigenvalue weighted by Gasteiger charge is -2.26. The third kappa shape index (κ3) is 4.40. The van der Waals surface area contributed by atoms with Crippen LogP contribution in [0.4, 0.5) is 5.69 Å². The second-order valence-corrected chi connectivity index (χ2v) is 10.3. The Hall–Kier alpha value is -4.55. The molecule has 1 aliphatic heterocycles. The lowest BCUT2D eigenvalue weighted by molar-refractivity contribution is 0.0971. The van der Waals surface area contributed by atoms with Gasteiger partial charge < -0.3 is 13.9 Å². The SMILES string of the molecule is COc1ccc(N2C(=O)c3oc4cc(C)c(C)cc4c(=O)c3C2c2ccc(OCc3ccccc3)cc2)cc1Cl. The van der Waals surface area contributed by atoms with Crippen LogP contribution in [-0.4, -0.2) is 13.0 Å². The Kier molecular flexibility index (Phi) is 6.56. The first-order chi connectivity index (χ1) is 19.4. The van der Waals surface area contributed by atoms with Crippen LogP contribution < -0.4 is 19.8 Å². The first kappa shape index (κ1) is 25.7. The molecule has 2 heterocycles. The minimum absolute atomic E-state index is 0.0297. The monoisotopic (exact) mass is 551 g/mol. The van der Waals surface area contributed by atoms with Gasteiger partial charge in [-0.1, -0.05) is 54.1 Å². The minimum Gasteiger partial charge on any atom is -0.495 e. The number of carbonyl (C=O) groups is 1. The van der Waals surface area contributed by atoms with E-state index in [2.05, 4.69) is 0 Å². The van der Waals surface area contributed by atoms with E-state index in [1.54, 1.807) is 29.2 Å². The van der Waals surface area contributed by atoms with E-state index in [1.807, 2.05) is 74.5 Å². The third-order valence-corrected chi connectivity index (χ3v) is 7.64. The largest absolute Gasteiger partial charge is 0.495 e. The quantitative estimate of drug-likeness (QED) is 0.220. The number of carbonyl (C=O) groups excluding carboxylic acids is 1. The molecule has 1 unspecified atom stereocenters. The summed E-state index contributed by atoms with van der Waals surface area (Å²) in [4.78, 5) is 29.4. The van der Waals surface area contributed by atoms with Crippen LogP contribution in [0.2, 0.25) is 5.02 Å². The van der Waals surface area contributed by atoms with Gasteiger partial charge in [-0.25, -0.2) is 0 Å². The summed E-state index contributed by atoms with van der Waals surface area (Å²) in [6.07, 6.45) is 0. The molecule has 6 rings (SSSR count). The number of rotatable bonds is 6. The fourth-order valence-electron chi connectivity index (χ4n) is 5.10. The van der Waals surface area contributed by atoms with Crippen molar-refractivity contribution in [3.63, 3.8) is 0 Å². The molecule has 0 spiro atoms. The number of hydrogen-bond acceptors (Lipinski definition) is 5. The van der Waals surface area contributed by atoms with Gasteiger partial charge in [-0.3, -0.25) is 14.5 Å². The summed E-state index contributed by atoms with van der Waals surface area (Å²) in [5, 5.41) is 0.792. The Morgan fingerprint density at radius 3 is 2.33 bits per heavy atom. The average Bonchev–Trinajstić information content (AvgIpc) is 3.26. The summed E-state index contributed by atoms with van der Waals surface area (Å²) >= 11 is 6.45. The summed E-state index contributed by atoms with van der Waals surface area (Å²) < 4.78 is 17.4. The number of halogens is 1. The number of aryl methyl sites for hydroxylation is 2. The topological polar surface area (TPSA) is 69.0 Å². The number of anilines is 1. The third-order valence-electron chi connectivity index (χ3n) is 7.34. The van der Waals surface area contributed by atoms with Gasteiger partial charge in [0, 0.05) is 5.69 Å². The fourth-order valence-corrected chi connectivity index (χ4v) is 5.35. The maximum absolute atomic E-state index is 14.0. The highest BCUT2D eigenvalue weighted by Crippen LogP contribution is 2.43. The zero-order valence-electron chi connectivity index (χ0n) is 22.2. The van der Waals surface area contributed by atoms with Gasteiger partial charge in [0.15, 0.2) is 5.43 Å². The number of methoxy groups -OCH3 is 1. The maximum Gasteiger partial charge on any atom is 0.295 e. The standard InChI is InChI=1S/C33H26ClNO5/c1-19-15-25-28(16-20(19)2)40-32-29(31(25)36)30(35(33(32)37)23-11-14-27(38-3)26(34)17-23)22-9-12-24(13-10-22)39-18-21-7-5-4-6-8-21/h4-17,30H,18H2,1-3H3. The average molecular weight is 552 g/mol. The predicted molar refractivity (Wildman–Crippen MR) is 156 cm³/mol. The summed E-state index contributed by atoms with van der Waals surface area (Å²) in [6, 6.07) is 25.3. The van der Waals surface area contributed by atoms with Gasteiger partial charge in [0.2, 0.25) is 5.76 Å². The van der Waals surface area contributed by atoms with Crippen molar-refractivity contribution < 1.29 is 18.7 Å². The van der Waals surface area contributed by atoms with E-state index >= 15 is 0 Å². The van der Waals surface area contributed by atoms with Crippen molar-refractivity contribution in [2.75, 3.05) is 12.0 Å². The highest BCUT2D eigenvalue weighted by Gasteiger charge is 2.44. The lowest BCUT2D eigenvalue weighted by atomic mass is 9.97. The van der Waals surface area contributed by atoms with Crippen molar-refractivity contribution in [1.82, 2.24) is 0 Å². The minimum atomic E-state index is -0.725. The number of nitrogens with zero attached hydrogens (tertiary/aromatic N) is 1. The number of fused-ring (bicyclic) bond motifs is 2. The van der Waals surface area contributed by atoms with Crippen LogP contribution >= 0.6 is 11.6 Å². The Balaban J connectivity index is 1.47. The predicted octanol–water partition coefficient (Wildman–Crippen LogP) is 7.40. The highest BCUT2D eigenvalue weighted by atomic mass is 35.5. The maximum atomic E-state index is 14.0. The van der Waals surface area contributed by atoms with Crippen molar-refractivity contribution in [3.8, 4) is 11.5 Å². The van der Waals surface area contributed by atoms with Gasteiger partial charge in [0.1, 0.15) is 23.7 Å². The van der Waals surface area contributed by atoms with Crippen LogP contribution in [0.15, 0.2) is 94.1 Å². The Bertz CT molecular complexity index is 1810. The van der Waals surface area contributed by atoms with Gasteiger partial charge in [0.25, 0.3) is 5.91 Å². The van der Waals surface area contributed by atoms with E-state index < -0.39 is 11.9 Å². The normalized spacial score (nSPS) is 14.4. The Labute approximate surface area is 236 Å². The fraction of sp³-hybridized carbons (Fsp3) is 0.152. The molecule has 1 amide bonds. The zero-order valence-corrected chi connectivity index (χ0v) is 23.0. The van der Waals surface area contributed by atoms with Gasteiger partial charge >= 0.3 is 0 Å². The van der Waals surface area contributed by atoms with Crippen LogP contribution in [0.1, 0.15) is 44.4 Å². The first-order valence-electron chi connectivity index (χ1n) is 12.9. The molecule has 0 saturated carbocycles. The Morgan fingerprint density at radius 2 is 1.62 bits per heavy atom. The van der Waals surface area contributed by atoms with E-state index in [4.69, 9.17) is 25.5 Å². The molecule has 7 heteroatoms. The van der Waals surface area contributed by atoms with Crippen LogP contribution in [0.5, 0.6) is 11.5 Å². The van der Waals surface area contributed by atoms with Crippen molar-refractivity contribution in [3.05, 3.63) is 134 Å². The molecule has 0 saturated heterocycles. The molecule has 0 N–H and O–H groups in total. The molecule has 5 aromatic rings. The van der Waals surface area contributed by atoms with Crippen LogP contribution in [0, 0.1) is 13.8 Å². The van der Waals surface area contributed by atoms with Crippen molar-refractivity contribution in [2.24, 2.45) is 0 Å². The molecule has 0 radical (unpaired) electrons. The van der Waals surface area contributed by atoms with E-state index in [0.29, 0.717) is 45.3 Å². The van der Waals surface area contributed by atoms with Gasteiger partial charge in [-0.05, 0) is 78.6 Å². The van der Waals surface area contributed by atoms with Gasteiger partial charge in [-0.2, -0.15) is 0 Å². The van der Waals surface area contributed by atoms with E-state index in [-0.39, 0.29) is 11.2 Å². The smallest absolute Gasteiger partial charge is 0.295 e. The van der Waals surface area contributed by atoms with Gasteiger partial charge in [0.05, 0.1) is 29.1 Å². The highest BCUT2D eigenvalue weighted by molar-refractivity contribution is 6.32. The van der Waals surface area contributed by atoms with E-state index in [9.17, 15) is 9.59 Å². The molecule has 0 aliphatic carbocycles. The van der Waals surface area contributed by atoms with Crippen molar-refractivity contribution in [1.29, 1.82) is 0 Å². The van der Waals surface area contributed by atoms with Crippen molar-refractivity contribution >= 4 is 34.2 Å². The number of ether oxygens (including phenoxy) is 2. The lowest BCUT2D eigenvalue weighted by Crippen LogP contribution is -2.29. The van der Waals surface area contributed by atoms with Crippen LogP contribution in [0.25, 0.3) is 11.0 Å². The molecule has 0 fully saturated rings. The van der Waals surface area contributed by atoms with Gasteiger partial charge in [-0.15, -0.1) is 0 Å². The molecule has 6 nitrogen and oxygen atoms in total. The summed E-state index contributed by atoms with van der Waals surface area (Å²) in [7, 11) is 1.53. The first-order valence-corrected chi connectivity index (χ1v) is 13.2. The number of hydrogen-bond donors (Lipinski definition) is 0. The molecule has 1 atom stereocenters. The molecular weight excluding hydrogens is 526 g/mol. The second kappa shape index (κ2) is 10.2. The molecule has 4 aromatic carbocycles. The molecule has 0 bridgehead atoms. The summed E-state index contributed by atoms with van der Waals surface area (Å²) in [6.45, 7) is 4.32. The second-order valence-electron chi connectivity index (χ2n) is 9.85. The van der Waals surface area contributed by atoms with Crippen molar-refractivity contribution in [2.45, 2.75) is 26.5 Å². The molecular formula is C33H26ClNO5. The molecule has 1 aromatic heterocycles. The molecule has 200 valence electrons. The zero-order chi connectivity index (χ0) is 28.0. The number of benzene rings is 4. The van der Waals surface area contributed by atoms with Crippen LogP contribution in [-0.2, 0) is 6.61 Å². The van der Waals surface area contributed by atoms with E-state index in [0.717, 1.165) is 22.3 Å². The van der Waals surface area contributed by atoms with E-state index in [1.165, 1.54) is 7.11 Å².